The van der Waals surface area contributed by atoms with Crippen molar-refractivity contribution in [2.75, 3.05) is 19.6 Å². The molecule has 1 heterocycles. The van der Waals surface area contributed by atoms with E-state index < -0.39 is 0 Å². The summed E-state index contributed by atoms with van der Waals surface area (Å²) < 4.78 is 0. The molecule has 0 aromatic heterocycles. The van der Waals surface area contributed by atoms with Crippen molar-refractivity contribution in [3.8, 4) is 0 Å². The fraction of sp³-hybridized carbons (Fsp3) is 0.533. The van der Waals surface area contributed by atoms with Gasteiger partial charge in [0.15, 0.2) is 0 Å². The Balaban J connectivity index is 0.00000200. The number of nitrogens with one attached hydrogen (secondary N) is 2. The summed E-state index contributed by atoms with van der Waals surface area (Å²) in [4.78, 5) is 12.1. The Morgan fingerprint density at radius 1 is 1.50 bits per heavy atom. The number of benzene rings is 1. The third-order valence-corrected chi connectivity index (χ3v) is 3.92. The number of carbonyl (C=O) groups excluding carboxylic acids is 1. The normalized spacial score (nSPS) is 18.2. The minimum atomic E-state index is -0.0243. The van der Waals surface area contributed by atoms with E-state index in [0.717, 1.165) is 31.6 Å². The van der Waals surface area contributed by atoms with Crippen molar-refractivity contribution in [1.82, 2.24) is 10.6 Å². The molecule has 2 N–H and O–H groups in total. The molecule has 1 saturated heterocycles. The highest BCUT2D eigenvalue weighted by molar-refractivity contribution is 6.31. The van der Waals surface area contributed by atoms with E-state index in [0.29, 0.717) is 16.5 Å². The Labute approximate surface area is 131 Å². The Morgan fingerprint density at radius 3 is 3.00 bits per heavy atom. The van der Waals surface area contributed by atoms with E-state index in [1.54, 1.807) is 12.1 Å². The van der Waals surface area contributed by atoms with E-state index in [2.05, 4.69) is 10.6 Å². The molecular formula is C15H22Cl2N2O. The summed E-state index contributed by atoms with van der Waals surface area (Å²) in [5.41, 5.74) is 1.63. The summed E-state index contributed by atoms with van der Waals surface area (Å²) in [7, 11) is 0. The van der Waals surface area contributed by atoms with Gasteiger partial charge in [-0.3, -0.25) is 4.79 Å². The molecule has 1 aromatic rings. The Morgan fingerprint density at radius 2 is 2.30 bits per heavy atom. The van der Waals surface area contributed by atoms with Crippen LogP contribution in [0.2, 0.25) is 5.02 Å². The van der Waals surface area contributed by atoms with Crippen molar-refractivity contribution >= 4 is 29.9 Å². The van der Waals surface area contributed by atoms with Crippen LogP contribution in [0.5, 0.6) is 0 Å². The molecular weight excluding hydrogens is 295 g/mol. The molecule has 0 saturated carbocycles. The quantitative estimate of drug-likeness (QED) is 0.895. The van der Waals surface area contributed by atoms with Gasteiger partial charge in [0.05, 0.1) is 0 Å². The minimum absolute atomic E-state index is 0. The second kappa shape index (κ2) is 8.50. The fourth-order valence-electron chi connectivity index (χ4n) is 2.49. The highest BCUT2D eigenvalue weighted by Gasteiger charge is 2.14. The average Bonchev–Trinajstić information content (AvgIpc) is 2.42. The molecule has 1 aliphatic heterocycles. The van der Waals surface area contributed by atoms with E-state index in [4.69, 9.17) is 11.6 Å². The number of amides is 1. The highest BCUT2D eigenvalue weighted by atomic mass is 35.5. The van der Waals surface area contributed by atoms with Crippen molar-refractivity contribution < 1.29 is 4.79 Å². The third kappa shape index (κ3) is 4.97. The molecule has 3 nitrogen and oxygen atoms in total. The van der Waals surface area contributed by atoms with E-state index in [1.807, 2.05) is 13.0 Å². The maximum absolute atomic E-state index is 12.1. The molecule has 112 valence electrons. The van der Waals surface area contributed by atoms with E-state index in [1.165, 1.54) is 12.8 Å². The first-order valence-corrected chi connectivity index (χ1v) is 7.29. The van der Waals surface area contributed by atoms with Gasteiger partial charge in [0.2, 0.25) is 0 Å². The number of hydrogen-bond donors (Lipinski definition) is 2. The van der Waals surface area contributed by atoms with Gasteiger partial charge in [-0.2, -0.15) is 0 Å². The van der Waals surface area contributed by atoms with Gasteiger partial charge in [0.1, 0.15) is 0 Å². The zero-order valence-electron chi connectivity index (χ0n) is 11.7. The predicted molar refractivity (Wildman–Crippen MR) is 86.0 cm³/mol. The summed E-state index contributed by atoms with van der Waals surface area (Å²) >= 11 is 5.93. The first kappa shape index (κ1) is 17.3. The largest absolute Gasteiger partial charge is 0.352 e. The second-order valence-electron chi connectivity index (χ2n) is 5.22. The molecule has 1 amide bonds. The van der Waals surface area contributed by atoms with Crippen LogP contribution in [0.3, 0.4) is 0 Å². The lowest BCUT2D eigenvalue weighted by atomic mass is 9.96. The van der Waals surface area contributed by atoms with Gasteiger partial charge in [-0.15, -0.1) is 12.4 Å². The van der Waals surface area contributed by atoms with Crippen LogP contribution in [0.1, 0.15) is 35.2 Å². The van der Waals surface area contributed by atoms with Crippen LogP contribution >= 0.6 is 24.0 Å². The molecule has 0 spiro atoms. The van der Waals surface area contributed by atoms with Gasteiger partial charge in [0, 0.05) is 17.1 Å². The Hall–Kier alpha value is -0.770. The highest BCUT2D eigenvalue weighted by Crippen LogP contribution is 2.16. The molecule has 0 radical (unpaired) electrons. The molecule has 1 unspecified atom stereocenters. The second-order valence-corrected chi connectivity index (χ2v) is 5.65. The SMILES string of the molecule is Cc1ccc(Cl)cc1C(=O)NCCC1CCCNC1.Cl. The van der Waals surface area contributed by atoms with E-state index in [9.17, 15) is 4.79 Å². The number of carbonyl (C=O) groups is 1. The van der Waals surface area contributed by atoms with Crippen LogP contribution in [0, 0.1) is 12.8 Å². The van der Waals surface area contributed by atoms with Crippen LogP contribution in [-0.2, 0) is 0 Å². The molecule has 1 fully saturated rings. The van der Waals surface area contributed by atoms with Crippen molar-refractivity contribution in [3.63, 3.8) is 0 Å². The summed E-state index contributed by atoms with van der Waals surface area (Å²) in [5, 5.41) is 6.98. The number of rotatable bonds is 4. The lowest BCUT2D eigenvalue weighted by Gasteiger charge is -2.22. The minimum Gasteiger partial charge on any atom is -0.352 e. The van der Waals surface area contributed by atoms with Gasteiger partial charge in [-0.25, -0.2) is 0 Å². The van der Waals surface area contributed by atoms with Crippen molar-refractivity contribution in [1.29, 1.82) is 0 Å². The standard InChI is InChI=1S/C15H21ClN2O.ClH/c1-11-4-5-13(16)9-14(11)15(19)18-8-6-12-3-2-7-17-10-12;/h4-5,9,12,17H,2-3,6-8,10H2,1H3,(H,18,19);1H. The number of hydrogen-bond acceptors (Lipinski definition) is 2. The van der Waals surface area contributed by atoms with Crippen molar-refractivity contribution in [3.05, 3.63) is 34.3 Å². The third-order valence-electron chi connectivity index (χ3n) is 3.68. The Kier molecular flexibility index (Phi) is 7.35. The average molecular weight is 317 g/mol. The maximum atomic E-state index is 12.1. The molecule has 1 aromatic carbocycles. The predicted octanol–water partition coefficient (Wildman–Crippen LogP) is 3.19. The van der Waals surface area contributed by atoms with Gasteiger partial charge >= 0.3 is 0 Å². The van der Waals surface area contributed by atoms with E-state index in [-0.39, 0.29) is 18.3 Å². The molecule has 20 heavy (non-hydrogen) atoms. The number of halogens is 2. The molecule has 0 bridgehead atoms. The van der Waals surface area contributed by atoms with Crippen molar-refractivity contribution in [2.45, 2.75) is 26.2 Å². The molecule has 5 heteroatoms. The van der Waals surface area contributed by atoms with Crippen LogP contribution in [0.25, 0.3) is 0 Å². The lowest BCUT2D eigenvalue weighted by molar-refractivity contribution is 0.0950. The topological polar surface area (TPSA) is 41.1 Å². The summed E-state index contributed by atoms with van der Waals surface area (Å²) in [6.45, 7) is 4.87. The smallest absolute Gasteiger partial charge is 0.251 e. The van der Waals surface area contributed by atoms with E-state index >= 15 is 0 Å². The maximum Gasteiger partial charge on any atom is 0.251 e. The lowest BCUT2D eigenvalue weighted by Crippen LogP contribution is -2.33. The zero-order chi connectivity index (χ0) is 13.7. The molecule has 1 atom stereocenters. The monoisotopic (exact) mass is 316 g/mol. The zero-order valence-corrected chi connectivity index (χ0v) is 13.3. The molecule has 2 rings (SSSR count). The Bertz CT molecular complexity index is 445. The van der Waals surface area contributed by atoms with Crippen LogP contribution < -0.4 is 10.6 Å². The summed E-state index contributed by atoms with van der Waals surface area (Å²) in [6.07, 6.45) is 3.55. The van der Waals surface area contributed by atoms with Gasteiger partial charge < -0.3 is 10.6 Å². The van der Waals surface area contributed by atoms with Gasteiger partial charge in [-0.1, -0.05) is 17.7 Å². The van der Waals surface area contributed by atoms with Crippen LogP contribution in [0.4, 0.5) is 0 Å². The first-order chi connectivity index (χ1) is 9.16. The first-order valence-electron chi connectivity index (χ1n) is 6.92. The number of aryl methyl sites for hydroxylation is 1. The number of piperidine rings is 1. The fourth-order valence-corrected chi connectivity index (χ4v) is 2.67. The van der Waals surface area contributed by atoms with Crippen LogP contribution in [0.15, 0.2) is 18.2 Å². The van der Waals surface area contributed by atoms with Crippen LogP contribution in [-0.4, -0.2) is 25.5 Å². The van der Waals surface area contributed by atoms with Crippen molar-refractivity contribution in [2.24, 2.45) is 5.92 Å². The van der Waals surface area contributed by atoms with Gasteiger partial charge in [0.25, 0.3) is 5.91 Å². The molecule has 0 aliphatic carbocycles. The summed E-state index contributed by atoms with van der Waals surface area (Å²) in [5.74, 6) is 0.665. The summed E-state index contributed by atoms with van der Waals surface area (Å²) in [6, 6.07) is 5.41. The molecule has 1 aliphatic rings. The van der Waals surface area contributed by atoms with Gasteiger partial charge in [-0.05, 0) is 62.9 Å².